The Kier molecular flexibility index (Phi) is 4.78. The second-order valence-electron chi connectivity index (χ2n) is 5.68. The lowest BCUT2D eigenvalue weighted by molar-refractivity contribution is -0.119. The minimum atomic E-state index is -0.150. The van der Waals surface area contributed by atoms with E-state index in [9.17, 15) is 9.90 Å². The van der Waals surface area contributed by atoms with Gasteiger partial charge >= 0.3 is 0 Å². The zero-order valence-corrected chi connectivity index (χ0v) is 10.6. The first kappa shape index (κ1) is 12.8. The number of allylic oxidation sites excluding steroid dienone is 2. The summed E-state index contributed by atoms with van der Waals surface area (Å²) >= 11 is 0. The Morgan fingerprint density at radius 2 is 1.76 bits per heavy atom. The van der Waals surface area contributed by atoms with Gasteiger partial charge in [-0.2, -0.15) is 0 Å². The highest BCUT2D eigenvalue weighted by atomic mass is 16.3. The molecule has 2 nitrogen and oxygen atoms in total. The highest BCUT2D eigenvalue weighted by molar-refractivity contribution is 5.91. The summed E-state index contributed by atoms with van der Waals surface area (Å²) in [6.45, 7) is 0. The molecule has 2 saturated carbocycles. The van der Waals surface area contributed by atoms with Crippen molar-refractivity contribution < 1.29 is 9.90 Å². The zero-order valence-electron chi connectivity index (χ0n) is 10.6. The minimum Gasteiger partial charge on any atom is -0.393 e. The van der Waals surface area contributed by atoms with Crippen molar-refractivity contribution in [3.8, 4) is 0 Å². The van der Waals surface area contributed by atoms with Gasteiger partial charge < -0.3 is 5.11 Å². The van der Waals surface area contributed by atoms with E-state index in [-0.39, 0.29) is 12.0 Å². The quantitative estimate of drug-likeness (QED) is 0.764. The number of aliphatic hydroxyl groups excluding tert-OH is 1. The Labute approximate surface area is 104 Å². The number of hydrogen-bond acceptors (Lipinski definition) is 2. The van der Waals surface area contributed by atoms with Gasteiger partial charge in [0.1, 0.15) is 0 Å². The smallest absolute Gasteiger partial charge is 0.158 e. The zero-order chi connectivity index (χ0) is 12.1. The molecule has 2 unspecified atom stereocenters. The maximum atomic E-state index is 12.0. The van der Waals surface area contributed by atoms with Crippen LogP contribution < -0.4 is 0 Å². The van der Waals surface area contributed by atoms with Crippen LogP contribution in [0, 0.1) is 11.8 Å². The Morgan fingerprint density at radius 3 is 2.47 bits per heavy atom. The Balaban J connectivity index is 1.80. The third kappa shape index (κ3) is 3.95. The lowest BCUT2D eigenvalue weighted by Gasteiger charge is -2.23. The third-order valence-electron chi connectivity index (χ3n) is 4.23. The molecule has 2 heteroatoms. The molecule has 0 aromatic heterocycles. The molecular weight excluding hydrogens is 212 g/mol. The first-order chi connectivity index (χ1) is 8.25. The molecule has 0 saturated heterocycles. The summed E-state index contributed by atoms with van der Waals surface area (Å²) in [5, 5.41) is 9.57. The molecule has 0 amide bonds. The molecule has 0 aliphatic heterocycles. The van der Waals surface area contributed by atoms with Crippen LogP contribution in [0.2, 0.25) is 0 Å². The molecule has 96 valence electrons. The van der Waals surface area contributed by atoms with Crippen LogP contribution in [0.3, 0.4) is 0 Å². The van der Waals surface area contributed by atoms with Gasteiger partial charge in [0.2, 0.25) is 0 Å². The van der Waals surface area contributed by atoms with Gasteiger partial charge in [-0.25, -0.2) is 0 Å². The molecule has 1 N–H and O–H groups in total. The first-order valence-corrected chi connectivity index (χ1v) is 7.16. The Bertz CT molecular complexity index is 277. The molecule has 0 bridgehead atoms. The van der Waals surface area contributed by atoms with E-state index in [0.717, 1.165) is 38.5 Å². The molecular formula is C15H24O2. The summed E-state index contributed by atoms with van der Waals surface area (Å²) in [4.78, 5) is 12.0. The number of rotatable bonds is 3. The molecule has 0 radical (unpaired) electrons. The number of aliphatic hydroxyl groups is 1. The van der Waals surface area contributed by atoms with Crippen LogP contribution >= 0.6 is 0 Å². The van der Waals surface area contributed by atoms with E-state index in [1.807, 2.05) is 0 Å². The van der Waals surface area contributed by atoms with E-state index in [0.29, 0.717) is 11.7 Å². The molecule has 2 aliphatic carbocycles. The van der Waals surface area contributed by atoms with E-state index in [2.05, 4.69) is 6.08 Å². The lowest BCUT2D eigenvalue weighted by atomic mass is 9.84. The lowest BCUT2D eigenvalue weighted by Crippen LogP contribution is -2.19. The van der Waals surface area contributed by atoms with Crippen molar-refractivity contribution in [2.45, 2.75) is 63.9 Å². The van der Waals surface area contributed by atoms with Crippen LogP contribution in [0.1, 0.15) is 57.8 Å². The van der Waals surface area contributed by atoms with Gasteiger partial charge in [0.25, 0.3) is 0 Å². The summed E-state index contributed by atoms with van der Waals surface area (Å²) in [7, 11) is 0. The standard InChI is InChI=1S/C15H24O2/c16-14-8-4-5-12(11-14)9-10-15(17)13-6-2-1-3-7-13/h9-10,12-14,16H,1-8,11H2. The first-order valence-electron chi connectivity index (χ1n) is 7.16. The van der Waals surface area contributed by atoms with Crippen LogP contribution in [0.4, 0.5) is 0 Å². The summed E-state index contributed by atoms with van der Waals surface area (Å²) in [5.41, 5.74) is 0. The number of hydrogen-bond donors (Lipinski definition) is 1. The molecule has 2 fully saturated rings. The maximum absolute atomic E-state index is 12.0. The van der Waals surface area contributed by atoms with E-state index < -0.39 is 0 Å². The number of carbonyl (C=O) groups is 1. The van der Waals surface area contributed by atoms with E-state index in [1.165, 1.54) is 19.3 Å². The highest BCUT2D eigenvalue weighted by Crippen LogP contribution is 2.27. The predicted octanol–water partition coefficient (Wildman–Crippen LogP) is 3.24. The molecule has 17 heavy (non-hydrogen) atoms. The summed E-state index contributed by atoms with van der Waals surface area (Å²) in [5.74, 6) is 1.03. The van der Waals surface area contributed by atoms with Gasteiger partial charge in [-0.15, -0.1) is 0 Å². The van der Waals surface area contributed by atoms with Crippen molar-refractivity contribution in [2.75, 3.05) is 0 Å². The third-order valence-corrected chi connectivity index (χ3v) is 4.23. The van der Waals surface area contributed by atoms with Gasteiger partial charge in [-0.3, -0.25) is 4.79 Å². The van der Waals surface area contributed by atoms with E-state index >= 15 is 0 Å². The van der Waals surface area contributed by atoms with Crippen molar-refractivity contribution in [3.05, 3.63) is 12.2 Å². The van der Waals surface area contributed by atoms with Crippen molar-refractivity contribution in [1.29, 1.82) is 0 Å². The second kappa shape index (κ2) is 6.34. The largest absolute Gasteiger partial charge is 0.393 e. The van der Waals surface area contributed by atoms with Gasteiger partial charge in [0, 0.05) is 5.92 Å². The van der Waals surface area contributed by atoms with Crippen LogP contribution in [-0.2, 0) is 4.79 Å². The fourth-order valence-electron chi connectivity index (χ4n) is 3.13. The topological polar surface area (TPSA) is 37.3 Å². The number of carbonyl (C=O) groups excluding carboxylic acids is 1. The molecule has 0 heterocycles. The van der Waals surface area contributed by atoms with Crippen LogP contribution in [0.15, 0.2) is 12.2 Å². The SMILES string of the molecule is O=C(C=CC1CCCC(O)C1)C1CCCCC1. The minimum absolute atomic E-state index is 0.150. The van der Waals surface area contributed by atoms with Gasteiger partial charge in [0.15, 0.2) is 5.78 Å². The van der Waals surface area contributed by atoms with Gasteiger partial charge in [-0.05, 0) is 44.1 Å². The molecule has 2 atom stereocenters. The average molecular weight is 236 g/mol. The highest BCUT2D eigenvalue weighted by Gasteiger charge is 2.21. The monoisotopic (exact) mass is 236 g/mol. The molecule has 0 aromatic carbocycles. The fraction of sp³-hybridized carbons (Fsp3) is 0.800. The molecule has 0 spiro atoms. The summed E-state index contributed by atoms with van der Waals surface area (Å²) in [6, 6.07) is 0. The van der Waals surface area contributed by atoms with E-state index in [1.54, 1.807) is 6.08 Å². The summed E-state index contributed by atoms with van der Waals surface area (Å²) in [6.07, 6.45) is 13.6. The van der Waals surface area contributed by atoms with Gasteiger partial charge in [0.05, 0.1) is 6.10 Å². The number of ketones is 1. The average Bonchev–Trinajstić information content (AvgIpc) is 2.37. The molecule has 0 aromatic rings. The van der Waals surface area contributed by atoms with Crippen LogP contribution in [0.25, 0.3) is 0 Å². The van der Waals surface area contributed by atoms with Crippen molar-refractivity contribution >= 4 is 5.78 Å². The fourth-order valence-corrected chi connectivity index (χ4v) is 3.13. The second-order valence-corrected chi connectivity index (χ2v) is 5.68. The Morgan fingerprint density at radius 1 is 1.00 bits per heavy atom. The molecule has 2 aliphatic rings. The van der Waals surface area contributed by atoms with Crippen molar-refractivity contribution in [3.63, 3.8) is 0 Å². The van der Waals surface area contributed by atoms with Crippen molar-refractivity contribution in [2.24, 2.45) is 11.8 Å². The predicted molar refractivity (Wildman–Crippen MR) is 68.7 cm³/mol. The van der Waals surface area contributed by atoms with Crippen LogP contribution in [0.5, 0.6) is 0 Å². The maximum Gasteiger partial charge on any atom is 0.158 e. The van der Waals surface area contributed by atoms with Crippen molar-refractivity contribution in [1.82, 2.24) is 0 Å². The van der Waals surface area contributed by atoms with Crippen LogP contribution in [-0.4, -0.2) is 17.0 Å². The Hall–Kier alpha value is -0.630. The van der Waals surface area contributed by atoms with Gasteiger partial charge in [-0.1, -0.05) is 31.8 Å². The summed E-state index contributed by atoms with van der Waals surface area (Å²) < 4.78 is 0. The molecule has 2 rings (SSSR count). The normalized spacial score (nSPS) is 31.8. The van der Waals surface area contributed by atoms with E-state index in [4.69, 9.17) is 0 Å².